The third-order valence-electron chi connectivity index (χ3n) is 3.18. The van der Waals surface area contributed by atoms with E-state index in [1.54, 1.807) is 7.11 Å². The quantitative estimate of drug-likeness (QED) is 0.852. The molecule has 0 heterocycles. The minimum Gasteiger partial charge on any atom is -0.489 e. The van der Waals surface area contributed by atoms with Gasteiger partial charge in [-0.3, -0.25) is 0 Å². The Hall–Kier alpha value is -1.91. The fourth-order valence-corrected chi connectivity index (χ4v) is 2.06. The van der Waals surface area contributed by atoms with Crippen LogP contribution in [-0.2, 0) is 24.3 Å². The van der Waals surface area contributed by atoms with Crippen molar-refractivity contribution in [2.24, 2.45) is 5.73 Å². The molecule has 0 saturated heterocycles. The average Bonchev–Trinajstić information content (AvgIpc) is 2.51. The van der Waals surface area contributed by atoms with Crippen LogP contribution >= 0.6 is 0 Å². The van der Waals surface area contributed by atoms with Crippen molar-refractivity contribution in [2.45, 2.75) is 19.6 Å². The van der Waals surface area contributed by atoms with Crippen LogP contribution < -0.4 is 10.5 Å². The van der Waals surface area contributed by atoms with Crippen LogP contribution in [0.1, 0.15) is 16.7 Å². The van der Waals surface area contributed by atoms with Gasteiger partial charge in [0.05, 0.1) is 6.61 Å². The molecule has 2 N–H and O–H groups in total. The Morgan fingerprint density at radius 1 is 1.00 bits per heavy atom. The number of halogens is 1. The molecule has 2 aromatic rings. The Balaban J connectivity index is 1.95. The molecule has 0 aliphatic carbocycles. The molecule has 2 rings (SSSR count). The predicted molar refractivity (Wildman–Crippen MR) is 80.6 cm³/mol. The molecule has 0 saturated carbocycles. The van der Waals surface area contributed by atoms with Crippen molar-refractivity contribution in [3.63, 3.8) is 0 Å². The number of methoxy groups -OCH3 is 1. The Morgan fingerprint density at radius 3 is 2.38 bits per heavy atom. The summed E-state index contributed by atoms with van der Waals surface area (Å²) < 4.78 is 24.1. The van der Waals surface area contributed by atoms with Crippen LogP contribution in [0.2, 0.25) is 0 Å². The topological polar surface area (TPSA) is 44.5 Å². The van der Waals surface area contributed by atoms with E-state index in [0.717, 1.165) is 23.3 Å². The lowest BCUT2D eigenvalue weighted by Gasteiger charge is -2.09. The SMILES string of the molecule is COCCc1ccc(OCc2cc(F)cc(CN)c2)cc1. The lowest BCUT2D eigenvalue weighted by atomic mass is 10.1. The van der Waals surface area contributed by atoms with Crippen LogP contribution in [0.5, 0.6) is 5.75 Å². The number of benzene rings is 2. The van der Waals surface area contributed by atoms with Gasteiger partial charge in [-0.15, -0.1) is 0 Å². The molecule has 4 heteroatoms. The number of hydrogen-bond acceptors (Lipinski definition) is 3. The van der Waals surface area contributed by atoms with E-state index in [2.05, 4.69) is 0 Å². The summed E-state index contributed by atoms with van der Waals surface area (Å²) in [4.78, 5) is 0. The standard InChI is InChI=1S/C17H20FNO2/c1-20-7-6-13-2-4-17(5-3-13)21-12-15-8-14(11-19)9-16(18)10-15/h2-5,8-10H,6-7,11-12,19H2,1H3. The van der Waals surface area contributed by atoms with Crippen LogP contribution in [-0.4, -0.2) is 13.7 Å². The molecule has 112 valence electrons. The fourth-order valence-electron chi connectivity index (χ4n) is 2.06. The van der Waals surface area contributed by atoms with Crippen molar-refractivity contribution >= 4 is 0 Å². The van der Waals surface area contributed by atoms with E-state index in [4.69, 9.17) is 15.2 Å². The maximum Gasteiger partial charge on any atom is 0.123 e. The molecule has 0 fully saturated rings. The minimum absolute atomic E-state index is 0.286. The van der Waals surface area contributed by atoms with Crippen molar-refractivity contribution in [1.29, 1.82) is 0 Å². The Morgan fingerprint density at radius 2 is 1.71 bits per heavy atom. The summed E-state index contributed by atoms with van der Waals surface area (Å²) >= 11 is 0. The summed E-state index contributed by atoms with van der Waals surface area (Å²) in [7, 11) is 1.69. The molecule has 0 bridgehead atoms. The van der Waals surface area contributed by atoms with Gasteiger partial charge in [0.15, 0.2) is 0 Å². The number of nitrogens with two attached hydrogens (primary N) is 1. The first-order chi connectivity index (χ1) is 10.2. The molecule has 21 heavy (non-hydrogen) atoms. The summed E-state index contributed by atoms with van der Waals surface area (Å²) in [6.07, 6.45) is 0.876. The van der Waals surface area contributed by atoms with Gasteiger partial charge in [0, 0.05) is 13.7 Å². The molecular weight excluding hydrogens is 269 g/mol. The van der Waals surface area contributed by atoms with E-state index in [1.807, 2.05) is 30.3 Å². The highest BCUT2D eigenvalue weighted by Gasteiger charge is 2.02. The lowest BCUT2D eigenvalue weighted by molar-refractivity contribution is 0.202. The molecular formula is C17H20FNO2. The van der Waals surface area contributed by atoms with Gasteiger partial charge in [-0.2, -0.15) is 0 Å². The van der Waals surface area contributed by atoms with Gasteiger partial charge in [-0.05, 0) is 47.4 Å². The van der Waals surface area contributed by atoms with E-state index in [-0.39, 0.29) is 5.82 Å². The molecule has 0 aliphatic heterocycles. The lowest BCUT2D eigenvalue weighted by Crippen LogP contribution is -2.01. The maximum absolute atomic E-state index is 13.4. The normalized spacial score (nSPS) is 10.6. The van der Waals surface area contributed by atoms with Crippen LogP contribution in [0.15, 0.2) is 42.5 Å². The Bertz CT molecular complexity index is 570. The zero-order chi connectivity index (χ0) is 15.1. The van der Waals surface area contributed by atoms with E-state index >= 15 is 0 Å². The van der Waals surface area contributed by atoms with Crippen molar-refractivity contribution in [3.8, 4) is 5.75 Å². The third-order valence-corrected chi connectivity index (χ3v) is 3.18. The molecule has 0 atom stereocenters. The molecule has 0 amide bonds. The highest BCUT2D eigenvalue weighted by Crippen LogP contribution is 2.16. The zero-order valence-electron chi connectivity index (χ0n) is 12.1. The van der Waals surface area contributed by atoms with Crippen LogP contribution in [0, 0.1) is 5.82 Å². The second kappa shape index (κ2) is 7.76. The van der Waals surface area contributed by atoms with Gasteiger partial charge >= 0.3 is 0 Å². The first kappa shape index (κ1) is 15.5. The first-order valence-corrected chi connectivity index (χ1v) is 6.90. The molecule has 2 aromatic carbocycles. The smallest absolute Gasteiger partial charge is 0.123 e. The summed E-state index contributed by atoms with van der Waals surface area (Å²) in [6.45, 7) is 1.34. The first-order valence-electron chi connectivity index (χ1n) is 6.90. The molecule has 0 aromatic heterocycles. The number of ether oxygens (including phenoxy) is 2. The van der Waals surface area contributed by atoms with Crippen LogP contribution in [0.4, 0.5) is 4.39 Å². The molecule has 0 radical (unpaired) electrons. The average molecular weight is 289 g/mol. The van der Waals surface area contributed by atoms with E-state index < -0.39 is 0 Å². The fraction of sp³-hybridized carbons (Fsp3) is 0.294. The van der Waals surface area contributed by atoms with E-state index in [9.17, 15) is 4.39 Å². The van der Waals surface area contributed by atoms with Crippen LogP contribution in [0.25, 0.3) is 0 Å². The van der Waals surface area contributed by atoms with Crippen molar-refractivity contribution in [3.05, 3.63) is 65.0 Å². The van der Waals surface area contributed by atoms with Gasteiger partial charge in [-0.1, -0.05) is 18.2 Å². The van der Waals surface area contributed by atoms with Gasteiger partial charge in [0.1, 0.15) is 18.2 Å². The molecule has 0 spiro atoms. The Labute approximate surface area is 124 Å². The minimum atomic E-state index is -0.286. The van der Waals surface area contributed by atoms with E-state index in [1.165, 1.54) is 17.7 Å². The van der Waals surface area contributed by atoms with Gasteiger partial charge < -0.3 is 15.2 Å². The second-order valence-corrected chi connectivity index (χ2v) is 4.85. The monoisotopic (exact) mass is 289 g/mol. The third kappa shape index (κ3) is 4.85. The Kier molecular flexibility index (Phi) is 5.72. The number of hydrogen-bond donors (Lipinski definition) is 1. The largest absolute Gasteiger partial charge is 0.489 e. The molecule has 3 nitrogen and oxygen atoms in total. The summed E-state index contributed by atoms with van der Waals surface area (Å²) in [5, 5.41) is 0. The summed E-state index contributed by atoms with van der Waals surface area (Å²) in [5.41, 5.74) is 8.27. The highest BCUT2D eigenvalue weighted by molar-refractivity contribution is 5.29. The maximum atomic E-state index is 13.4. The van der Waals surface area contributed by atoms with Crippen LogP contribution in [0.3, 0.4) is 0 Å². The molecule has 0 unspecified atom stereocenters. The van der Waals surface area contributed by atoms with Gasteiger partial charge in [-0.25, -0.2) is 4.39 Å². The van der Waals surface area contributed by atoms with Crippen molar-refractivity contribution < 1.29 is 13.9 Å². The summed E-state index contributed by atoms with van der Waals surface area (Å²) in [5.74, 6) is 0.473. The molecule has 0 aliphatic rings. The second-order valence-electron chi connectivity index (χ2n) is 4.85. The summed E-state index contributed by atoms with van der Waals surface area (Å²) in [6, 6.07) is 12.6. The highest BCUT2D eigenvalue weighted by atomic mass is 19.1. The van der Waals surface area contributed by atoms with Gasteiger partial charge in [0.2, 0.25) is 0 Å². The number of rotatable bonds is 7. The van der Waals surface area contributed by atoms with Crippen molar-refractivity contribution in [1.82, 2.24) is 0 Å². The van der Waals surface area contributed by atoms with E-state index in [0.29, 0.717) is 19.8 Å². The predicted octanol–water partition coefficient (Wildman–Crippen LogP) is 3.05. The van der Waals surface area contributed by atoms with Crippen molar-refractivity contribution in [2.75, 3.05) is 13.7 Å². The van der Waals surface area contributed by atoms with Gasteiger partial charge in [0.25, 0.3) is 0 Å². The zero-order valence-corrected chi connectivity index (χ0v) is 12.1.